The van der Waals surface area contributed by atoms with Crippen LogP contribution in [-0.2, 0) is 11.3 Å². The van der Waals surface area contributed by atoms with Crippen molar-refractivity contribution in [3.63, 3.8) is 0 Å². The summed E-state index contributed by atoms with van der Waals surface area (Å²) in [7, 11) is 0. The summed E-state index contributed by atoms with van der Waals surface area (Å²) in [5.74, 6) is 0.938. The Balaban J connectivity index is 1.53. The zero-order valence-electron chi connectivity index (χ0n) is 16.3. The first kappa shape index (κ1) is 20.3. The molecule has 0 bridgehead atoms. The molecular weight excluding hydrogens is 418 g/mol. The fourth-order valence-corrected chi connectivity index (χ4v) is 4.00. The second-order valence-corrected chi connectivity index (χ2v) is 8.18. The summed E-state index contributed by atoms with van der Waals surface area (Å²) in [5, 5.41) is 4.20. The Morgan fingerprint density at radius 3 is 2.73 bits per heavy atom. The third-order valence-electron chi connectivity index (χ3n) is 4.50. The highest BCUT2D eigenvalue weighted by atomic mass is 35.5. The molecule has 30 heavy (non-hydrogen) atoms. The molecule has 0 spiro atoms. The van der Waals surface area contributed by atoms with Gasteiger partial charge >= 0.3 is 0 Å². The summed E-state index contributed by atoms with van der Waals surface area (Å²) in [6.07, 6.45) is 3.49. The minimum atomic E-state index is -0.119. The molecular formula is C23H20ClN3O2S. The predicted molar refractivity (Wildman–Crippen MR) is 121 cm³/mol. The average molecular weight is 438 g/mol. The number of aryl methyl sites for hydroxylation is 1. The van der Waals surface area contributed by atoms with Crippen LogP contribution in [0.15, 0.2) is 82.7 Å². The summed E-state index contributed by atoms with van der Waals surface area (Å²) in [6.45, 7) is 2.60. The van der Waals surface area contributed by atoms with Crippen molar-refractivity contribution in [3.8, 4) is 11.3 Å². The Labute approximate surface area is 184 Å². The number of nitrogens with zero attached hydrogens (tertiary/aromatic N) is 2. The van der Waals surface area contributed by atoms with E-state index in [4.69, 9.17) is 16.0 Å². The molecule has 0 fully saturated rings. The minimum Gasteiger partial charge on any atom is -0.467 e. The number of benzene rings is 2. The van der Waals surface area contributed by atoms with Crippen LogP contribution in [-0.4, -0.2) is 21.2 Å². The number of thioether (sulfide) groups is 1. The quantitative estimate of drug-likeness (QED) is 0.366. The number of anilines is 1. The largest absolute Gasteiger partial charge is 0.467 e. The Hall–Kier alpha value is -2.96. The van der Waals surface area contributed by atoms with Crippen LogP contribution in [0.25, 0.3) is 11.3 Å². The number of carbonyl (C=O) groups is 1. The first-order valence-electron chi connectivity index (χ1n) is 9.41. The molecule has 0 saturated carbocycles. The highest BCUT2D eigenvalue weighted by Crippen LogP contribution is 2.28. The van der Waals surface area contributed by atoms with E-state index < -0.39 is 0 Å². The SMILES string of the molecule is Cc1ccc(-c2cnc(SCC(=O)Nc3cccc(Cl)c3)n2Cc2ccco2)cc1. The summed E-state index contributed by atoms with van der Waals surface area (Å²) >= 11 is 7.37. The predicted octanol–water partition coefficient (Wildman–Crippen LogP) is 5.88. The Morgan fingerprint density at radius 1 is 1.17 bits per heavy atom. The summed E-state index contributed by atoms with van der Waals surface area (Å²) in [6, 6.07) is 19.2. The molecule has 4 rings (SSSR count). The van der Waals surface area contributed by atoms with Crippen molar-refractivity contribution < 1.29 is 9.21 Å². The van der Waals surface area contributed by atoms with Crippen molar-refractivity contribution >= 4 is 35.0 Å². The lowest BCUT2D eigenvalue weighted by Gasteiger charge is -2.11. The number of imidazole rings is 1. The molecule has 0 unspecified atom stereocenters. The number of hydrogen-bond acceptors (Lipinski definition) is 4. The van der Waals surface area contributed by atoms with Crippen molar-refractivity contribution in [1.29, 1.82) is 0 Å². The van der Waals surface area contributed by atoms with E-state index in [2.05, 4.69) is 46.1 Å². The van der Waals surface area contributed by atoms with Crippen molar-refractivity contribution in [2.24, 2.45) is 0 Å². The molecule has 0 aliphatic rings. The van der Waals surface area contributed by atoms with Crippen LogP contribution in [0.1, 0.15) is 11.3 Å². The Bertz CT molecular complexity index is 1140. The van der Waals surface area contributed by atoms with E-state index >= 15 is 0 Å². The molecule has 2 heterocycles. The van der Waals surface area contributed by atoms with Crippen molar-refractivity contribution in [2.75, 3.05) is 11.1 Å². The lowest BCUT2D eigenvalue weighted by molar-refractivity contribution is -0.113. The van der Waals surface area contributed by atoms with Crippen LogP contribution < -0.4 is 5.32 Å². The van der Waals surface area contributed by atoms with Gasteiger partial charge in [-0.25, -0.2) is 4.98 Å². The Morgan fingerprint density at radius 2 is 2.00 bits per heavy atom. The summed E-state index contributed by atoms with van der Waals surface area (Å²) in [5.41, 5.74) is 3.91. The van der Waals surface area contributed by atoms with Crippen LogP contribution >= 0.6 is 23.4 Å². The second-order valence-electron chi connectivity index (χ2n) is 6.80. The van der Waals surface area contributed by atoms with E-state index in [1.165, 1.54) is 17.3 Å². The zero-order chi connectivity index (χ0) is 20.9. The number of rotatable bonds is 7. The van der Waals surface area contributed by atoms with Gasteiger partial charge in [0.15, 0.2) is 5.16 Å². The number of amides is 1. The maximum Gasteiger partial charge on any atom is 0.234 e. The molecule has 2 aromatic heterocycles. The summed E-state index contributed by atoms with van der Waals surface area (Å²) < 4.78 is 7.61. The second kappa shape index (κ2) is 9.24. The maximum atomic E-state index is 12.4. The highest BCUT2D eigenvalue weighted by Gasteiger charge is 2.15. The fraction of sp³-hybridized carbons (Fsp3) is 0.130. The number of halogens is 1. The number of aromatic nitrogens is 2. The topological polar surface area (TPSA) is 60.1 Å². The van der Waals surface area contributed by atoms with Crippen LogP contribution in [0.5, 0.6) is 0 Å². The van der Waals surface area contributed by atoms with Gasteiger partial charge in [0.1, 0.15) is 5.76 Å². The maximum absolute atomic E-state index is 12.4. The highest BCUT2D eigenvalue weighted by molar-refractivity contribution is 7.99. The standard InChI is InChI=1S/C23H20ClN3O2S/c1-16-7-9-17(10-8-16)21-13-25-23(27(21)14-20-6-3-11-29-20)30-15-22(28)26-19-5-2-4-18(24)12-19/h2-13H,14-15H2,1H3,(H,26,28). The fourth-order valence-electron chi connectivity index (χ4n) is 3.03. The van der Waals surface area contributed by atoms with Crippen molar-refractivity contribution in [3.05, 3.63) is 89.5 Å². The van der Waals surface area contributed by atoms with Gasteiger partial charge in [-0.3, -0.25) is 4.79 Å². The van der Waals surface area contributed by atoms with E-state index in [9.17, 15) is 4.79 Å². The molecule has 1 amide bonds. The molecule has 1 N–H and O–H groups in total. The first-order chi connectivity index (χ1) is 14.6. The summed E-state index contributed by atoms with van der Waals surface area (Å²) in [4.78, 5) is 17.0. The van der Waals surface area contributed by atoms with Crippen molar-refractivity contribution in [2.45, 2.75) is 18.6 Å². The van der Waals surface area contributed by atoms with Gasteiger partial charge in [-0.2, -0.15) is 0 Å². The molecule has 2 aromatic carbocycles. The molecule has 4 aromatic rings. The minimum absolute atomic E-state index is 0.119. The van der Waals surface area contributed by atoms with Gasteiger partial charge < -0.3 is 14.3 Å². The van der Waals surface area contributed by atoms with E-state index in [-0.39, 0.29) is 11.7 Å². The number of furan rings is 1. The van der Waals surface area contributed by atoms with Crippen LogP contribution in [0.4, 0.5) is 5.69 Å². The van der Waals surface area contributed by atoms with Crippen LogP contribution in [0.3, 0.4) is 0 Å². The van der Waals surface area contributed by atoms with Gasteiger partial charge in [-0.1, -0.05) is 59.3 Å². The zero-order valence-corrected chi connectivity index (χ0v) is 17.9. The van der Waals surface area contributed by atoms with Crippen LogP contribution in [0, 0.1) is 6.92 Å². The molecule has 0 aliphatic carbocycles. The molecule has 5 nitrogen and oxygen atoms in total. The van der Waals surface area contributed by atoms with Gasteiger partial charge in [0.05, 0.1) is 30.5 Å². The molecule has 0 aliphatic heterocycles. The first-order valence-corrected chi connectivity index (χ1v) is 10.8. The van der Waals surface area contributed by atoms with Gasteiger partial charge in [0.2, 0.25) is 5.91 Å². The monoisotopic (exact) mass is 437 g/mol. The van der Waals surface area contributed by atoms with Gasteiger partial charge in [-0.05, 0) is 42.8 Å². The third-order valence-corrected chi connectivity index (χ3v) is 5.73. The molecule has 0 atom stereocenters. The number of nitrogens with one attached hydrogen (secondary N) is 1. The molecule has 7 heteroatoms. The van der Waals surface area contributed by atoms with E-state index in [1.54, 1.807) is 24.5 Å². The van der Waals surface area contributed by atoms with Gasteiger partial charge in [-0.15, -0.1) is 0 Å². The van der Waals surface area contributed by atoms with Gasteiger partial charge in [0.25, 0.3) is 0 Å². The molecule has 0 saturated heterocycles. The Kier molecular flexibility index (Phi) is 6.26. The average Bonchev–Trinajstić information content (AvgIpc) is 3.38. The lowest BCUT2D eigenvalue weighted by atomic mass is 10.1. The van der Waals surface area contributed by atoms with Crippen LogP contribution in [0.2, 0.25) is 5.02 Å². The van der Waals surface area contributed by atoms with E-state index in [0.29, 0.717) is 17.3 Å². The smallest absolute Gasteiger partial charge is 0.234 e. The lowest BCUT2D eigenvalue weighted by Crippen LogP contribution is -2.14. The van der Waals surface area contributed by atoms with E-state index in [0.717, 1.165) is 22.2 Å². The number of carbonyl (C=O) groups excluding carboxylic acids is 1. The normalized spacial score (nSPS) is 10.9. The third kappa shape index (κ3) is 4.96. The molecule has 0 radical (unpaired) electrons. The van der Waals surface area contributed by atoms with E-state index in [1.807, 2.05) is 24.4 Å². The molecule has 152 valence electrons. The number of hydrogen-bond donors (Lipinski definition) is 1. The van der Waals surface area contributed by atoms with Gasteiger partial charge in [0, 0.05) is 10.7 Å². The van der Waals surface area contributed by atoms with Crippen molar-refractivity contribution in [1.82, 2.24) is 9.55 Å².